The van der Waals surface area contributed by atoms with Crippen molar-refractivity contribution in [1.82, 2.24) is 20.4 Å². The fourth-order valence-electron chi connectivity index (χ4n) is 6.49. The largest absolute Gasteiger partial charge is 0.367 e. The Morgan fingerprint density at radius 3 is 2.56 bits per heavy atom. The summed E-state index contributed by atoms with van der Waals surface area (Å²) in [6, 6.07) is 4.87. The van der Waals surface area contributed by atoms with Gasteiger partial charge in [-0.1, -0.05) is 30.4 Å². The number of nitrogens with zero attached hydrogens (tertiary/aromatic N) is 2. The van der Waals surface area contributed by atoms with Gasteiger partial charge in [-0.3, -0.25) is 24.6 Å². The van der Waals surface area contributed by atoms with Crippen LogP contribution >= 0.6 is 0 Å². The van der Waals surface area contributed by atoms with Gasteiger partial charge in [0.25, 0.3) is 11.8 Å². The van der Waals surface area contributed by atoms with Crippen molar-refractivity contribution in [3.05, 3.63) is 58.9 Å². The van der Waals surface area contributed by atoms with Crippen LogP contribution in [0.4, 0.5) is 4.39 Å². The van der Waals surface area contributed by atoms with E-state index in [2.05, 4.69) is 43.2 Å². The number of fused-ring (bicyclic) bond motifs is 1. The number of carbonyl (C=O) groups is 3. The third-order valence-electron chi connectivity index (χ3n) is 7.87. The van der Waals surface area contributed by atoms with Crippen LogP contribution in [0.1, 0.15) is 51.7 Å². The number of hydrogen-bond donors (Lipinski definition) is 3. The number of allylic oxidation sites excluding steroid dienone is 2. The highest BCUT2D eigenvalue weighted by atomic mass is 19.1. The summed E-state index contributed by atoms with van der Waals surface area (Å²) in [5.41, 5.74) is -0.634. The summed E-state index contributed by atoms with van der Waals surface area (Å²) in [6.45, 7) is 10.9. The number of hydrogen-bond acceptors (Lipinski definition) is 7. The molecule has 3 unspecified atom stereocenters. The van der Waals surface area contributed by atoms with Crippen molar-refractivity contribution in [2.45, 2.75) is 76.6 Å². The molecule has 0 radical (unpaired) electrons. The van der Waals surface area contributed by atoms with Crippen LogP contribution in [0.25, 0.3) is 0 Å². The third-order valence-corrected chi connectivity index (χ3v) is 7.87. The maximum absolute atomic E-state index is 14.8. The van der Waals surface area contributed by atoms with Crippen LogP contribution in [0.2, 0.25) is 0 Å². The van der Waals surface area contributed by atoms with E-state index in [-0.39, 0.29) is 54.9 Å². The Labute approximate surface area is 228 Å². The summed E-state index contributed by atoms with van der Waals surface area (Å²) in [5.74, 6) is -2.44. The molecule has 1 aliphatic carbocycles. The predicted molar refractivity (Wildman–Crippen MR) is 141 cm³/mol. The van der Waals surface area contributed by atoms with Crippen LogP contribution in [0.15, 0.2) is 42.0 Å². The quantitative estimate of drug-likeness (QED) is 0.472. The average molecular weight is 541 g/mol. The number of nitrogens with one attached hydrogen (secondary N) is 2. The number of imide groups is 1. The Morgan fingerprint density at radius 1 is 1.15 bits per heavy atom. The number of ether oxygens (including phenoxy) is 1. The molecule has 3 N–H and O–H groups in total. The molecule has 210 valence electrons. The molecular formula is C29H37FN4O5. The Bertz CT molecular complexity index is 1240. The van der Waals surface area contributed by atoms with Gasteiger partial charge in [0.1, 0.15) is 5.82 Å². The number of morpholine rings is 1. The summed E-state index contributed by atoms with van der Waals surface area (Å²) in [7, 11) is 0. The lowest BCUT2D eigenvalue weighted by Gasteiger charge is -2.47. The third kappa shape index (κ3) is 5.56. The molecule has 3 fully saturated rings. The Kier molecular flexibility index (Phi) is 7.03. The smallest absolute Gasteiger partial charge is 0.279 e. The molecule has 3 saturated heterocycles. The van der Waals surface area contributed by atoms with Gasteiger partial charge in [0.15, 0.2) is 0 Å². The Morgan fingerprint density at radius 2 is 1.87 bits per heavy atom. The van der Waals surface area contributed by atoms with Crippen molar-refractivity contribution < 1.29 is 28.6 Å². The zero-order valence-electron chi connectivity index (χ0n) is 22.9. The lowest BCUT2D eigenvalue weighted by molar-refractivity contribution is -0.182. The number of amides is 3. The summed E-state index contributed by atoms with van der Waals surface area (Å²) in [6.07, 6.45) is 5.15. The van der Waals surface area contributed by atoms with E-state index < -0.39 is 23.4 Å². The first kappa shape index (κ1) is 27.6. The number of carbonyl (C=O) groups excluding carboxylic acids is 3. The zero-order valence-corrected chi connectivity index (χ0v) is 22.9. The van der Waals surface area contributed by atoms with Gasteiger partial charge in [-0.25, -0.2) is 4.39 Å². The van der Waals surface area contributed by atoms with Crippen LogP contribution in [-0.4, -0.2) is 75.2 Å². The number of halogens is 1. The molecule has 1 aromatic rings. The molecule has 3 atom stereocenters. The van der Waals surface area contributed by atoms with Crippen LogP contribution in [-0.2, 0) is 32.2 Å². The van der Waals surface area contributed by atoms with Crippen molar-refractivity contribution in [1.29, 1.82) is 0 Å². The molecular weight excluding hydrogens is 503 g/mol. The van der Waals surface area contributed by atoms with Crippen LogP contribution in [0.5, 0.6) is 0 Å². The fourth-order valence-corrected chi connectivity index (χ4v) is 6.49. The van der Waals surface area contributed by atoms with Gasteiger partial charge < -0.3 is 20.1 Å². The molecule has 3 amide bonds. The molecule has 0 bridgehead atoms. The number of rotatable bonds is 6. The van der Waals surface area contributed by atoms with Gasteiger partial charge in [-0.15, -0.1) is 0 Å². The van der Waals surface area contributed by atoms with E-state index in [1.165, 1.54) is 6.07 Å². The number of benzene rings is 1. The molecule has 3 aliphatic heterocycles. The van der Waals surface area contributed by atoms with Crippen molar-refractivity contribution in [2.24, 2.45) is 5.92 Å². The summed E-state index contributed by atoms with van der Waals surface area (Å²) < 4.78 is 21.0. The van der Waals surface area contributed by atoms with Crippen molar-refractivity contribution in [3.8, 4) is 0 Å². The second kappa shape index (κ2) is 9.92. The topological polar surface area (TPSA) is 111 Å². The lowest BCUT2D eigenvalue weighted by Crippen LogP contribution is -2.63. The van der Waals surface area contributed by atoms with E-state index in [0.717, 1.165) is 23.6 Å². The lowest BCUT2D eigenvalue weighted by atomic mass is 9.89. The first-order valence-electron chi connectivity index (χ1n) is 13.5. The highest BCUT2D eigenvalue weighted by molar-refractivity contribution is 6.06. The van der Waals surface area contributed by atoms with Crippen LogP contribution < -0.4 is 10.6 Å². The van der Waals surface area contributed by atoms with E-state index in [9.17, 15) is 23.9 Å². The number of aliphatic hydroxyl groups is 1. The first-order chi connectivity index (χ1) is 18.3. The van der Waals surface area contributed by atoms with Gasteiger partial charge >= 0.3 is 0 Å². The minimum atomic E-state index is -2.07. The van der Waals surface area contributed by atoms with Gasteiger partial charge in [-0.05, 0) is 39.3 Å². The first-order valence-corrected chi connectivity index (χ1v) is 13.5. The summed E-state index contributed by atoms with van der Waals surface area (Å²) in [4.78, 5) is 40.7. The second-order valence-electron chi connectivity index (χ2n) is 12.3. The van der Waals surface area contributed by atoms with E-state index in [1.807, 2.05) is 18.2 Å². The molecule has 0 spiro atoms. The summed E-state index contributed by atoms with van der Waals surface area (Å²) in [5, 5.41) is 16.5. The van der Waals surface area contributed by atoms with Crippen molar-refractivity contribution in [3.63, 3.8) is 0 Å². The summed E-state index contributed by atoms with van der Waals surface area (Å²) >= 11 is 0. The van der Waals surface area contributed by atoms with Gasteiger partial charge in [0.2, 0.25) is 11.6 Å². The maximum atomic E-state index is 14.8. The predicted octanol–water partition coefficient (Wildman–Crippen LogP) is 1.75. The van der Waals surface area contributed by atoms with Crippen LogP contribution in [0, 0.1) is 11.7 Å². The van der Waals surface area contributed by atoms with Gasteiger partial charge in [0.05, 0.1) is 11.2 Å². The van der Waals surface area contributed by atoms with Gasteiger partial charge in [0, 0.05) is 68.7 Å². The molecule has 0 saturated carbocycles. The van der Waals surface area contributed by atoms with Crippen LogP contribution in [0.3, 0.4) is 0 Å². The van der Waals surface area contributed by atoms with E-state index in [0.29, 0.717) is 17.7 Å². The molecule has 4 aliphatic rings. The standard InChI is InChI=1S/C29H37FN4O5/c1-27(2)16-33(17-28(3,4)39-27)14-18-8-9-22(30)19(12-18)13-31-23-7-5-6-20-21(23)15-34(25(20)36)29(38)11-10-24(35)32-26(29)37/h5-9,12,21,23,31,38H,10-11,13-17H2,1-4H3,(H,32,35,37). The fraction of sp³-hybridized carbons (Fsp3) is 0.552. The number of likely N-dealkylation sites (tertiary alicyclic amines) is 1. The molecule has 5 rings (SSSR count). The SMILES string of the molecule is CC1(C)CN(Cc2ccc(F)c(CNC3C=CC=C4C(=O)N(C5(O)CCC(=O)NC5=O)CC43)c2)CC(C)(C)O1. The number of piperidine rings is 1. The minimum Gasteiger partial charge on any atom is -0.367 e. The Hall–Kier alpha value is -2.92. The molecule has 10 heteroatoms. The Balaban J connectivity index is 1.26. The van der Waals surface area contributed by atoms with E-state index in [1.54, 1.807) is 12.2 Å². The molecule has 3 heterocycles. The van der Waals surface area contributed by atoms with Gasteiger partial charge in [-0.2, -0.15) is 0 Å². The van der Waals surface area contributed by atoms with Crippen molar-refractivity contribution >= 4 is 17.7 Å². The maximum Gasteiger partial charge on any atom is 0.279 e. The second-order valence-corrected chi connectivity index (χ2v) is 12.3. The molecule has 9 nitrogen and oxygen atoms in total. The highest BCUT2D eigenvalue weighted by Crippen LogP contribution is 2.37. The van der Waals surface area contributed by atoms with E-state index in [4.69, 9.17) is 4.74 Å². The average Bonchev–Trinajstić information content (AvgIpc) is 3.18. The molecule has 39 heavy (non-hydrogen) atoms. The molecule has 1 aromatic carbocycles. The molecule has 0 aromatic heterocycles. The monoisotopic (exact) mass is 540 g/mol. The normalized spacial score (nSPS) is 30.3. The van der Waals surface area contributed by atoms with Crippen molar-refractivity contribution in [2.75, 3.05) is 19.6 Å². The zero-order chi connectivity index (χ0) is 28.2. The minimum absolute atomic E-state index is 0.0509. The van der Waals surface area contributed by atoms with E-state index >= 15 is 0 Å². The highest BCUT2D eigenvalue weighted by Gasteiger charge is 2.54.